The Labute approximate surface area is 93.2 Å². The lowest BCUT2D eigenvalue weighted by molar-refractivity contribution is -0.127. The average Bonchev–Trinajstić information content (AvgIpc) is 2.57. The number of hydrogen-bond acceptors (Lipinski definition) is 2. The molecule has 1 heterocycles. The molecule has 0 aromatic rings. The molecular formula is C12H24N2O. The largest absolute Gasteiger partial charge is 0.342 e. The smallest absolute Gasteiger partial charge is 0.222 e. The summed E-state index contributed by atoms with van der Waals surface area (Å²) in [4.78, 5) is 13.6. The summed E-state index contributed by atoms with van der Waals surface area (Å²) < 4.78 is 0. The van der Waals surface area contributed by atoms with Crippen molar-refractivity contribution in [1.82, 2.24) is 10.2 Å². The van der Waals surface area contributed by atoms with Gasteiger partial charge in [-0.1, -0.05) is 20.3 Å². The summed E-state index contributed by atoms with van der Waals surface area (Å²) >= 11 is 0. The number of carbonyl (C=O) groups is 1. The van der Waals surface area contributed by atoms with E-state index in [4.69, 9.17) is 0 Å². The van der Waals surface area contributed by atoms with E-state index in [1.807, 2.05) is 4.90 Å². The summed E-state index contributed by atoms with van der Waals surface area (Å²) in [6.45, 7) is 9.37. The normalized spacial score (nSPS) is 23.5. The van der Waals surface area contributed by atoms with Crippen LogP contribution in [0.3, 0.4) is 0 Å². The van der Waals surface area contributed by atoms with Crippen molar-refractivity contribution in [3.63, 3.8) is 0 Å². The molecule has 1 saturated heterocycles. The van der Waals surface area contributed by atoms with Crippen LogP contribution < -0.4 is 5.32 Å². The molecule has 3 nitrogen and oxygen atoms in total. The Hall–Kier alpha value is -0.570. The standard InChI is InChI=1S/C12H24N2O/c1-4-11-8-12(15)14(9-11)7-6-10(3)13-5-2/h10-11,13H,4-9H2,1-3H3. The van der Waals surface area contributed by atoms with E-state index in [9.17, 15) is 4.79 Å². The number of nitrogens with zero attached hydrogens (tertiary/aromatic N) is 1. The van der Waals surface area contributed by atoms with Crippen LogP contribution in [0, 0.1) is 5.92 Å². The number of hydrogen-bond donors (Lipinski definition) is 1. The Bertz CT molecular complexity index is 206. The molecule has 0 saturated carbocycles. The van der Waals surface area contributed by atoms with Gasteiger partial charge in [-0.3, -0.25) is 4.79 Å². The van der Waals surface area contributed by atoms with Crippen LogP contribution in [0.25, 0.3) is 0 Å². The molecule has 0 radical (unpaired) electrons. The molecule has 0 aliphatic carbocycles. The fourth-order valence-corrected chi connectivity index (χ4v) is 2.14. The zero-order chi connectivity index (χ0) is 11.3. The second kappa shape index (κ2) is 6.11. The predicted molar refractivity (Wildman–Crippen MR) is 62.7 cm³/mol. The SMILES string of the molecule is CCNC(C)CCN1CC(CC)CC1=O. The lowest BCUT2D eigenvalue weighted by Gasteiger charge is -2.19. The molecule has 88 valence electrons. The lowest BCUT2D eigenvalue weighted by Crippen LogP contribution is -2.33. The first-order valence-electron chi connectivity index (χ1n) is 6.18. The van der Waals surface area contributed by atoms with Crippen molar-refractivity contribution in [2.24, 2.45) is 5.92 Å². The average molecular weight is 212 g/mol. The van der Waals surface area contributed by atoms with Crippen LogP contribution in [0.4, 0.5) is 0 Å². The fourth-order valence-electron chi connectivity index (χ4n) is 2.14. The summed E-state index contributed by atoms with van der Waals surface area (Å²) in [5.74, 6) is 0.956. The molecule has 1 N–H and O–H groups in total. The highest BCUT2D eigenvalue weighted by Gasteiger charge is 2.27. The molecule has 1 rings (SSSR count). The molecule has 0 spiro atoms. The van der Waals surface area contributed by atoms with E-state index in [0.717, 1.165) is 38.9 Å². The molecule has 1 amide bonds. The minimum Gasteiger partial charge on any atom is -0.342 e. The zero-order valence-electron chi connectivity index (χ0n) is 10.3. The van der Waals surface area contributed by atoms with Gasteiger partial charge in [-0.05, 0) is 25.8 Å². The predicted octanol–water partition coefficient (Wildman–Crippen LogP) is 1.63. The van der Waals surface area contributed by atoms with E-state index < -0.39 is 0 Å². The number of carbonyl (C=O) groups excluding carboxylic acids is 1. The third-order valence-electron chi connectivity index (χ3n) is 3.26. The topological polar surface area (TPSA) is 32.3 Å². The first-order valence-corrected chi connectivity index (χ1v) is 6.18. The molecule has 0 aromatic heterocycles. The van der Waals surface area contributed by atoms with Crippen LogP contribution >= 0.6 is 0 Å². The van der Waals surface area contributed by atoms with E-state index in [-0.39, 0.29) is 0 Å². The second-order valence-electron chi connectivity index (χ2n) is 4.57. The first-order chi connectivity index (χ1) is 7.17. The Morgan fingerprint density at radius 1 is 1.53 bits per heavy atom. The van der Waals surface area contributed by atoms with E-state index in [0.29, 0.717) is 17.9 Å². The second-order valence-corrected chi connectivity index (χ2v) is 4.57. The van der Waals surface area contributed by atoms with Gasteiger partial charge in [0.05, 0.1) is 0 Å². The van der Waals surface area contributed by atoms with Crippen LogP contribution in [0.15, 0.2) is 0 Å². The summed E-state index contributed by atoms with van der Waals surface area (Å²) in [6.07, 6.45) is 2.97. The maximum Gasteiger partial charge on any atom is 0.222 e. The monoisotopic (exact) mass is 212 g/mol. The van der Waals surface area contributed by atoms with Crippen molar-refractivity contribution in [2.75, 3.05) is 19.6 Å². The van der Waals surface area contributed by atoms with Gasteiger partial charge in [0.2, 0.25) is 5.91 Å². The van der Waals surface area contributed by atoms with Crippen molar-refractivity contribution < 1.29 is 4.79 Å². The molecule has 2 atom stereocenters. The maximum absolute atomic E-state index is 11.6. The summed E-state index contributed by atoms with van der Waals surface area (Å²) in [7, 11) is 0. The number of nitrogens with one attached hydrogen (secondary N) is 1. The van der Waals surface area contributed by atoms with Gasteiger partial charge in [0, 0.05) is 25.6 Å². The molecule has 1 fully saturated rings. The highest BCUT2D eigenvalue weighted by Crippen LogP contribution is 2.20. The van der Waals surface area contributed by atoms with Crippen LogP contribution in [0.1, 0.15) is 40.0 Å². The van der Waals surface area contributed by atoms with Crippen molar-refractivity contribution in [1.29, 1.82) is 0 Å². The third-order valence-corrected chi connectivity index (χ3v) is 3.26. The Morgan fingerprint density at radius 3 is 2.80 bits per heavy atom. The van der Waals surface area contributed by atoms with Gasteiger partial charge in [-0.15, -0.1) is 0 Å². The maximum atomic E-state index is 11.6. The van der Waals surface area contributed by atoms with Crippen molar-refractivity contribution in [3.8, 4) is 0 Å². The van der Waals surface area contributed by atoms with Crippen molar-refractivity contribution in [3.05, 3.63) is 0 Å². The highest BCUT2D eigenvalue weighted by molar-refractivity contribution is 5.78. The van der Waals surface area contributed by atoms with Gasteiger partial charge in [0.1, 0.15) is 0 Å². The minimum absolute atomic E-state index is 0.352. The van der Waals surface area contributed by atoms with Crippen molar-refractivity contribution in [2.45, 2.75) is 46.1 Å². The highest BCUT2D eigenvalue weighted by atomic mass is 16.2. The lowest BCUT2D eigenvalue weighted by atomic mass is 10.1. The van der Waals surface area contributed by atoms with E-state index in [1.165, 1.54) is 0 Å². The summed E-state index contributed by atoms with van der Waals surface area (Å²) in [5.41, 5.74) is 0. The van der Waals surface area contributed by atoms with Gasteiger partial charge in [-0.2, -0.15) is 0 Å². The number of rotatable bonds is 6. The molecule has 15 heavy (non-hydrogen) atoms. The van der Waals surface area contributed by atoms with Crippen LogP contribution in [-0.2, 0) is 4.79 Å². The fraction of sp³-hybridized carbons (Fsp3) is 0.917. The van der Waals surface area contributed by atoms with Gasteiger partial charge in [0.25, 0.3) is 0 Å². The number of likely N-dealkylation sites (tertiary alicyclic amines) is 1. The van der Waals surface area contributed by atoms with Crippen LogP contribution in [0.5, 0.6) is 0 Å². The first kappa shape index (κ1) is 12.5. The Kier molecular flexibility index (Phi) is 5.09. The zero-order valence-corrected chi connectivity index (χ0v) is 10.3. The van der Waals surface area contributed by atoms with Crippen molar-refractivity contribution >= 4 is 5.91 Å². The van der Waals surface area contributed by atoms with Gasteiger partial charge in [-0.25, -0.2) is 0 Å². The Balaban J connectivity index is 2.24. The quantitative estimate of drug-likeness (QED) is 0.726. The molecule has 1 aliphatic rings. The molecule has 0 bridgehead atoms. The summed E-state index contributed by atoms with van der Waals surface area (Å²) in [5, 5.41) is 3.37. The minimum atomic E-state index is 0.352. The molecule has 3 heteroatoms. The van der Waals surface area contributed by atoms with Crippen LogP contribution in [-0.4, -0.2) is 36.5 Å². The van der Waals surface area contributed by atoms with Gasteiger partial charge >= 0.3 is 0 Å². The Morgan fingerprint density at radius 2 is 2.27 bits per heavy atom. The van der Waals surface area contributed by atoms with E-state index in [1.54, 1.807) is 0 Å². The molecule has 2 unspecified atom stereocenters. The van der Waals surface area contributed by atoms with Gasteiger partial charge < -0.3 is 10.2 Å². The van der Waals surface area contributed by atoms with Gasteiger partial charge in [0.15, 0.2) is 0 Å². The molecule has 0 aromatic carbocycles. The molecular weight excluding hydrogens is 188 g/mol. The van der Waals surface area contributed by atoms with E-state index >= 15 is 0 Å². The molecule has 1 aliphatic heterocycles. The number of amides is 1. The van der Waals surface area contributed by atoms with Crippen LogP contribution in [0.2, 0.25) is 0 Å². The summed E-state index contributed by atoms with van der Waals surface area (Å²) in [6, 6.07) is 0.517. The third kappa shape index (κ3) is 3.82. The van der Waals surface area contributed by atoms with E-state index in [2.05, 4.69) is 26.1 Å².